The summed E-state index contributed by atoms with van der Waals surface area (Å²) in [6, 6.07) is 17.8. The summed E-state index contributed by atoms with van der Waals surface area (Å²) in [5.41, 5.74) is 2.88. The van der Waals surface area contributed by atoms with Gasteiger partial charge < -0.3 is 24.8 Å². The Bertz CT molecular complexity index is 1530. The molecule has 38 heavy (non-hydrogen) atoms. The third kappa shape index (κ3) is 4.52. The van der Waals surface area contributed by atoms with Crippen molar-refractivity contribution in [3.05, 3.63) is 89.4 Å². The SMILES string of the molecule is COc1ccccc1NC(=O)C1=C(C)Nc2nc(-c3ccc(OC)c(OC)c3)nn2C1c1ccc(F)cc1. The Hall–Kier alpha value is -4.86. The summed E-state index contributed by atoms with van der Waals surface area (Å²) in [4.78, 5) is 18.4. The number of nitrogens with one attached hydrogen (secondary N) is 2. The van der Waals surface area contributed by atoms with Crippen LogP contribution in [0.1, 0.15) is 18.5 Å². The molecule has 1 unspecified atom stereocenters. The van der Waals surface area contributed by atoms with Crippen LogP contribution in [0.2, 0.25) is 0 Å². The maximum atomic E-state index is 13.8. The van der Waals surface area contributed by atoms with E-state index in [-0.39, 0.29) is 11.7 Å². The number of hydrogen-bond acceptors (Lipinski definition) is 7. The number of carbonyl (C=O) groups excluding carboxylic acids is 1. The second-order valence-corrected chi connectivity index (χ2v) is 8.55. The van der Waals surface area contributed by atoms with Gasteiger partial charge in [0.05, 0.1) is 32.6 Å². The molecule has 2 N–H and O–H groups in total. The molecule has 2 heterocycles. The van der Waals surface area contributed by atoms with Gasteiger partial charge in [0.25, 0.3) is 5.91 Å². The Morgan fingerprint density at radius 1 is 0.947 bits per heavy atom. The first-order valence-electron chi connectivity index (χ1n) is 11.8. The summed E-state index contributed by atoms with van der Waals surface area (Å²) in [6.07, 6.45) is 0. The second-order valence-electron chi connectivity index (χ2n) is 8.55. The summed E-state index contributed by atoms with van der Waals surface area (Å²) in [7, 11) is 4.66. The molecule has 194 valence electrons. The van der Waals surface area contributed by atoms with Crippen molar-refractivity contribution < 1.29 is 23.4 Å². The van der Waals surface area contributed by atoms with Gasteiger partial charge in [-0.1, -0.05) is 24.3 Å². The van der Waals surface area contributed by atoms with Crippen molar-refractivity contribution in [3.63, 3.8) is 0 Å². The molecule has 0 fully saturated rings. The number of hydrogen-bond donors (Lipinski definition) is 2. The highest BCUT2D eigenvalue weighted by atomic mass is 19.1. The first-order valence-corrected chi connectivity index (χ1v) is 11.8. The number of rotatable bonds is 7. The molecule has 1 aliphatic heterocycles. The highest BCUT2D eigenvalue weighted by Gasteiger charge is 2.35. The molecule has 1 atom stereocenters. The lowest BCUT2D eigenvalue weighted by Crippen LogP contribution is -2.31. The van der Waals surface area contributed by atoms with E-state index in [1.807, 2.05) is 12.1 Å². The van der Waals surface area contributed by atoms with E-state index < -0.39 is 6.04 Å². The fraction of sp³-hybridized carbons (Fsp3) is 0.179. The number of nitrogens with zero attached hydrogens (tertiary/aromatic N) is 3. The van der Waals surface area contributed by atoms with E-state index in [9.17, 15) is 9.18 Å². The fourth-order valence-electron chi connectivity index (χ4n) is 4.43. The topological polar surface area (TPSA) is 99.5 Å². The van der Waals surface area contributed by atoms with Crippen LogP contribution in [0.15, 0.2) is 78.0 Å². The zero-order chi connectivity index (χ0) is 26.8. The molecule has 10 heteroatoms. The number of amides is 1. The van der Waals surface area contributed by atoms with Gasteiger partial charge in [-0.25, -0.2) is 9.07 Å². The summed E-state index contributed by atoms with van der Waals surface area (Å²) >= 11 is 0. The van der Waals surface area contributed by atoms with E-state index >= 15 is 0 Å². The van der Waals surface area contributed by atoms with Gasteiger partial charge in [-0.15, -0.1) is 5.10 Å². The van der Waals surface area contributed by atoms with Crippen LogP contribution in [-0.4, -0.2) is 42.0 Å². The number of allylic oxidation sites excluding steroid dienone is 1. The standard InChI is InChI=1S/C28H26FN5O4/c1-16-24(27(35)31-20-7-5-6-8-21(20)36-2)25(17-9-12-19(29)13-10-17)34-28(30-16)32-26(33-34)18-11-14-22(37-3)23(15-18)38-4/h5-15,25H,1-4H3,(H,31,35)(H,30,32,33). The van der Waals surface area contributed by atoms with Crippen LogP contribution in [0.4, 0.5) is 16.0 Å². The molecular formula is C28H26FN5O4. The van der Waals surface area contributed by atoms with Crippen molar-refractivity contribution in [1.29, 1.82) is 0 Å². The highest BCUT2D eigenvalue weighted by Crippen LogP contribution is 2.38. The first kappa shape index (κ1) is 24.8. The maximum absolute atomic E-state index is 13.8. The molecule has 0 aliphatic carbocycles. The molecule has 0 spiro atoms. The van der Waals surface area contributed by atoms with Crippen molar-refractivity contribution in [2.75, 3.05) is 32.0 Å². The van der Waals surface area contributed by atoms with Gasteiger partial charge >= 0.3 is 0 Å². The molecular weight excluding hydrogens is 489 g/mol. The quantitative estimate of drug-likeness (QED) is 0.356. The Morgan fingerprint density at radius 2 is 1.66 bits per heavy atom. The highest BCUT2D eigenvalue weighted by molar-refractivity contribution is 6.06. The third-order valence-corrected chi connectivity index (χ3v) is 6.28. The van der Waals surface area contributed by atoms with E-state index in [0.29, 0.717) is 57.1 Å². The molecule has 4 aromatic rings. The van der Waals surface area contributed by atoms with Gasteiger partial charge in [0, 0.05) is 11.3 Å². The largest absolute Gasteiger partial charge is 0.495 e. The lowest BCUT2D eigenvalue weighted by Gasteiger charge is -2.28. The van der Waals surface area contributed by atoms with Crippen LogP contribution in [0.3, 0.4) is 0 Å². The number of ether oxygens (including phenoxy) is 3. The van der Waals surface area contributed by atoms with E-state index in [1.165, 1.54) is 19.2 Å². The zero-order valence-electron chi connectivity index (χ0n) is 21.3. The maximum Gasteiger partial charge on any atom is 0.255 e. The number of para-hydroxylation sites is 2. The second kappa shape index (κ2) is 10.3. The molecule has 0 bridgehead atoms. The van der Waals surface area contributed by atoms with Gasteiger partial charge in [0.1, 0.15) is 17.6 Å². The molecule has 9 nitrogen and oxygen atoms in total. The normalized spacial score (nSPS) is 14.4. The summed E-state index contributed by atoms with van der Waals surface area (Å²) in [5.74, 6) is 1.76. The summed E-state index contributed by atoms with van der Waals surface area (Å²) < 4.78 is 31.6. The Balaban J connectivity index is 1.59. The molecule has 0 saturated heterocycles. The van der Waals surface area contributed by atoms with Crippen LogP contribution < -0.4 is 24.8 Å². The van der Waals surface area contributed by atoms with Crippen molar-refractivity contribution in [2.45, 2.75) is 13.0 Å². The van der Waals surface area contributed by atoms with Crippen LogP contribution in [0, 0.1) is 5.82 Å². The number of halogens is 1. The van der Waals surface area contributed by atoms with Crippen molar-refractivity contribution in [2.24, 2.45) is 0 Å². The van der Waals surface area contributed by atoms with E-state index in [2.05, 4.69) is 15.6 Å². The number of aromatic nitrogens is 3. The Labute approximate surface area is 218 Å². The van der Waals surface area contributed by atoms with Gasteiger partial charge in [-0.05, 0) is 55.0 Å². The van der Waals surface area contributed by atoms with Crippen molar-refractivity contribution >= 4 is 17.5 Å². The van der Waals surface area contributed by atoms with Crippen LogP contribution in [0.25, 0.3) is 11.4 Å². The Morgan fingerprint density at radius 3 is 2.37 bits per heavy atom. The lowest BCUT2D eigenvalue weighted by molar-refractivity contribution is -0.113. The number of fused-ring (bicyclic) bond motifs is 1. The van der Waals surface area contributed by atoms with E-state index in [4.69, 9.17) is 19.3 Å². The number of methoxy groups -OCH3 is 3. The molecule has 1 aliphatic rings. The van der Waals surface area contributed by atoms with Crippen LogP contribution >= 0.6 is 0 Å². The Kier molecular flexibility index (Phi) is 6.69. The predicted octanol–water partition coefficient (Wildman–Crippen LogP) is 5.04. The minimum absolute atomic E-state index is 0.359. The number of anilines is 2. The summed E-state index contributed by atoms with van der Waals surface area (Å²) in [6.45, 7) is 1.79. The minimum atomic E-state index is -0.678. The van der Waals surface area contributed by atoms with E-state index in [0.717, 1.165) is 0 Å². The van der Waals surface area contributed by atoms with Crippen LogP contribution in [-0.2, 0) is 4.79 Å². The van der Waals surface area contributed by atoms with Gasteiger partial charge in [-0.3, -0.25) is 4.79 Å². The molecule has 0 radical (unpaired) electrons. The lowest BCUT2D eigenvalue weighted by atomic mass is 9.95. The zero-order valence-corrected chi connectivity index (χ0v) is 21.3. The molecule has 1 aromatic heterocycles. The monoisotopic (exact) mass is 515 g/mol. The van der Waals surface area contributed by atoms with E-state index in [1.54, 1.807) is 68.3 Å². The van der Waals surface area contributed by atoms with Crippen molar-refractivity contribution in [3.8, 4) is 28.6 Å². The summed E-state index contributed by atoms with van der Waals surface area (Å²) in [5, 5.41) is 10.9. The van der Waals surface area contributed by atoms with Crippen LogP contribution in [0.5, 0.6) is 17.2 Å². The molecule has 1 amide bonds. The van der Waals surface area contributed by atoms with Gasteiger partial charge in [0.15, 0.2) is 17.3 Å². The van der Waals surface area contributed by atoms with Gasteiger partial charge in [0.2, 0.25) is 5.95 Å². The average molecular weight is 516 g/mol. The first-order chi connectivity index (χ1) is 18.4. The third-order valence-electron chi connectivity index (χ3n) is 6.28. The molecule has 0 saturated carbocycles. The molecule has 3 aromatic carbocycles. The van der Waals surface area contributed by atoms with Gasteiger partial charge in [-0.2, -0.15) is 4.98 Å². The average Bonchev–Trinajstić information content (AvgIpc) is 3.36. The fourth-order valence-corrected chi connectivity index (χ4v) is 4.43. The predicted molar refractivity (Wildman–Crippen MR) is 141 cm³/mol. The molecule has 5 rings (SSSR count). The smallest absolute Gasteiger partial charge is 0.255 e. The number of benzene rings is 3. The number of carbonyl (C=O) groups is 1. The minimum Gasteiger partial charge on any atom is -0.495 e. The van der Waals surface area contributed by atoms with Crippen molar-refractivity contribution in [1.82, 2.24) is 14.8 Å².